The highest BCUT2D eigenvalue weighted by Gasteiger charge is 2.09. The summed E-state index contributed by atoms with van der Waals surface area (Å²) in [5.74, 6) is -0.912. The summed E-state index contributed by atoms with van der Waals surface area (Å²) in [6.07, 6.45) is 3.69. The van der Waals surface area contributed by atoms with Gasteiger partial charge in [-0.05, 0) is 48.9 Å². The van der Waals surface area contributed by atoms with E-state index in [1.165, 1.54) is 0 Å². The van der Waals surface area contributed by atoms with Gasteiger partial charge in [0.25, 0.3) is 0 Å². The van der Waals surface area contributed by atoms with Crippen molar-refractivity contribution in [2.45, 2.75) is 6.92 Å². The van der Waals surface area contributed by atoms with Gasteiger partial charge in [0.1, 0.15) is 5.65 Å². The van der Waals surface area contributed by atoms with Crippen molar-refractivity contribution in [2.24, 2.45) is 0 Å². The Balaban J connectivity index is 2.19. The van der Waals surface area contributed by atoms with Gasteiger partial charge >= 0.3 is 5.97 Å². The first-order chi connectivity index (χ1) is 9.16. The van der Waals surface area contributed by atoms with E-state index in [1.807, 2.05) is 42.0 Å². The summed E-state index contributed by atoms with van der Waals surface area (Å²) >= 11 is 0. The summed E-state index contributed by atoms with van der Waals surface area (Å²) in [6.45, 7) is 1.90. The second kappa shape index (κ2) is 4.24. The van der Waals surface area contributed by atoms with Crippen LogP contribution >= 0.6 is 0 Å². The van der Waals surface area contributed by atoms with E-state index >= 15 is 0 Å². The van der Waals surface area contributed by atoms with Crippen LogP contribution in [0, 0.1) is 6.92 Å². The van der Waals surface area contributed by atoms with Gasteiger partial charge in [-0.3, -0.25) is 0 Å². The van der Waals surface area contributed by atoms with Crippen LogP contribution in [0.3, 0.4) is 0 Å². The van der Waals surface area contributed by atoms with Crippen molar-refractivity contribution in [3.63, 3.8) is 0 Å². The van der Waals surface area contributed by atoms with Crippen LogP contribution in [0.2, 0.25) is 0 Å². The van der Waals surface area contributed by atoms with Crippen LogP contribution in [0.25, 0.3) is 16.7 Å². The van der Waals surface area contributed by atoms with Crippen molar-refractivity contribution in [3.05, 3.63) is 59.9 Å². The second-order valence-corrected chi connectivity index (χ2v) is 4.41. The predicted octanol–water partition coefficient (Wildman–Crippen LogP) is 3.03. The minimum atomic E-state index is -0.912. The molecule has 94 valence electrons. The van der Waals surface area contributed by atoms with Gasteiger partial charge in [-0.25, -0.2) is 9.78 Å². The van der Waals surface area contributed by atoms with Crippen molar-refractivity contribution >= 4 is 17.0 Å². The molecule has 0 saturated heterocycles. The molecule has 2 aromatic heterocycles. The van der Waals surface area contributed by atoms with Gasteiger partial charge in [-0.2, -0.15) is 0 Å². The normalized spacial score (nSPS) is 10.8. The molecule has 0 aliphatic rings. The van der Waals surface area contributed by atoms with Gasteiger partial charge in [-0.15, -0.1) is 0 Å². The molecule has 0 amide bonds. The van der Waals surface area contributed by atoms with Crippen molar-refractivity contribution in [1.29, 1.82) is 0 Å². The topological polar surface area (TPSA) is 55.1 Å². The number of benzene rings is 1. The van der Waals surface area contributed by atoms with Gasteiger partial charge in [0.05, 0.1) is 5.56 Å². The zero-order chi connectivity index (χ0) is 13.4. The first-order valence-corrected chi connectivity index (χ1v) is 5.93. The zero-order valence-corrected chi connectivity index (χ0v) is 10.4. The SMILES string of the molecule is Cc1cc(C(=O)O)ccc1-n1ccc2cccnc21. The van der Waals surface area contributed by atoms with Crippen molar-refractivity contribution < 1.29 is 9.90 Å². The molecule has 0 saturated carbocycles. The third kappa shape index (κ3) is 1.87. The molecule has 0 bridgehead atoms. The fraction of sp³-hybridized carbons (Fsp3) is 0.0667. The summed E-state index contributed by atoms with van der Waals surface area (Å²) in [5, 5.41) is 10.0. The van der Waals surface area contributed by atoms with E-state index in [1.54, 1.807) is 18.3 Å². The fourth-order valence-corrected chi connectivity index (χ4v) is 2.22. The van der Waals surface area contributed by atoms with Gasteiger partial charge in [0, 0.05) is 23.5 Å². The lowest BCUT2D eigenvalue weighted by Gasteiger charge is -2.09. The summed E-state index contributed by atoms with van der Waals surface area (Å²) in [6, 6.07) is 11.0. The molecule has 2 heterocycles. The Hall–Kier alpha value is -2.62. The maximum Gasteiger partial charge on any atom is 0.335 e. The third-order valence-corrected chi connectivity index (χ3v) is 3.15. The highest BCUT2D eigenvalue weighted by molar-refractivity contribution is 5.88. The smallest absolute Gasteiger partial charge is 0.335 e. The van der Waals surface area contributed by atoms with E-state index in [4.69, 9.17) is 5.11 Å². The molecule has 1 N–H and O–H groups in total. The molecular weight excluding hydrogens is 240 g/mol. The molecule has 4 nitrogen and oxygen atoms in total. The zero-order valence-electron chi connectivity index (χ0n) is 10.4. The molecule has 3 rings (SSSR count). The van der Waals surface area contributed by atoms with E-state index in [2.05, 4.69) is 4.98 Å². The number of pyridine rings is 1. The number of hydrogen-bond donors (Lipinski definition) is 1. The average Bonchev–Trinajstić information content (AvgIpc) is 2.82. The monoisotopic (exact) mass is 252 g/mol. The lowest BCUT2D eigenvalue weighted by molar-refractivity contribution is 0.0697. The van der Waals surface area contributed by atoms with E-state index in [-0.39, 0.29) is 0 Å². The van der Waals surface area contributed by atoms with Crippen molar-refractivity contribution in [2.75, 3.05) is 0 Å². The predicted molar refractivity (Wildman–Crippen MR) is 72.8 cm³/mol. The Morgan fingerprint density at radius 2 is 2.11 bits per heavy atom. The number of nitrogens with zero attached hydrogens (tertiary/aromatic N) is 2. The molecule has 1 aromatic carbocycles. The molecule has 0 aliphatic carbocycles. The fourth-order valence-electron chi connectivity index (χ4n) is 2.22. The average molecular weight is 252 g/mol. The number of carbonyl (C=O) groups is 1. The highest BCUT2D eigenvalue weighted by atomic mass is 16.4. The second-order valence-electron chi connectivity index (χ2n) is 4.41. The highest BCUT2D eigenvalue weighted by Crippen LogP contribution is 2.21. The number of hydrogen-bond acceptors (Lipinski definition) is 2. The number of aryl methyl sites for hydroxylation is 1. The van der Waals surface area contributed by atoms with Crippen LogP contribution in [0.15, 0.2) is 48.8 Å². The Labute approximate surface area is 109 Å². The van der Waals surface area contributed by atoms with Crippen LogP contribution in [0.1, 0.15) is 15.9 Å². The minimum absolute atomic E-state index is 0.297. The molecule has 0 atom stereocenters. The standard InChI is InChI=1S/C15H12N2O2/c1-10-9-12(15(18)19)4-5-13(10)17-8-6-11-3-2-7-16-14(11)17/h2-9H,1H3,(H,18,19). The first-order valence-electron chi connectivity index (χ1n) is 5.93. The number of aromatic nitrogens is 2. The molecule has 0 radical (unpaired) electrons. The van der Waals surface area contributed by atoms with Gasteiger partial charge in [-0.1, -0.05) is 0 Å². The largest absolute Gasteiger partial charge is 0.478 e. The van der Waals surface area contributed by atoms with Crippen molar-refractivity contribution in [1.82, 2.24) is 9.55 Å². The molecule has 4 heteroatoms. The van der Waals surface area contributed by atoms with Gasteiger partial charge < -0.3 is 9.67 Å². The van der Waals surface area contributed by atoms with Crippen LogP contribution in [0.4, 0.5) is 0 Å². The number of rotatable bonds is 2. The summed E-state index contributed by atoms with van der Waals surface area (Å²) in [5.41, 5.74) is 3.01. The Bertz CT molecular complexity index is 775. The van der Waals surface area contributed by atoms with Crippen LogP contribution in [-0.4, -0.2) is 20.6 Å². The maximum absolute atomic E-state index is 10.9. The van der Waals surface area contributed by atoms with Crippen molar-refractivity contribution in [3.8, 4) is 5.69 Å². The molecule has 0 aliphatic heterocycles. The molecule has 0 fully saturated rings. The first kappa shape index (κ1) is 11.5. The maximum atomic E-state index is 10.9. The van der Waals surface area contributed by atoms with Crippen LogP contribution in [-0.2, 0) is 0 Å². The summed E-state index contributed by atoms with van der Waals surface area (Å²) in [7, 11) is 0. The van der Waals surface area contributed by atoms with E-state index in [0.717, 1.165) is 22.3 Å². The van der Waals surface area contributed by atoms with E-state index < -0.39 is 5.97 Å². The quantitative estimate of drug-likeness (QED) is 0.762. The number of carboxylic acid groups (broad SMARTS) is 1. The lowest BCUT2D eigenvalue weighted by atomic mass is 10.1. The van der Waals surface area contributed by atoms with E-state index in [9.17, 15) is 4.79 Å². The number of carboxylic acids is 1. The van der Waals surface area contributed by atoms with Crippen LogP contribution < -0.4 is 0 Å². The lowest BCUT2D eigenvalue weighted by Crippen LogP contribution is -2.01. The number of fused-ring (bicyclic) bond motifs is 1. The van der Waals surface area contributed by atoms with Gasteiger partial charge in [0.15, 0.2) is 0 Å². The molecule has 3 aromatic rings. The summed E-state index contributed by atoms with van der Waals surface area (Å²) < 4.78 is 1.97. The number of aromatic carboxylic acids is 1. The summed E-state index contributed by atoms with van der Waals surface area (Å²) in [4.78, 5) is 15.3. The Morgan fingerprint density at radius 3 is 2.84 bits per heavy atom. The Kier molecular flexibility index (Phi) is 2.56. The van der Waals surface area contributed by atoms with E-state index in [0.29, 0.717) is 5.56 Å². The van der Waals surface area contributed by atoms with Crippen LogP contribution in [0.5, 0.6) is 0 Å². The molecule has 0 unspecified atom stereocenters. The van der Waals surface area contributed by atoms with Gasteiger partial charge in [0.2, 0.25) is 0 Å². The Morgan fingerprint density at radius 1 is 1.26 bits per heavy atom. The molecule has 19 heavy (non-hydrogen) atoms. The molecular formula is C15H12N2O2. The molecule has 0 spiro atoms. The third-order valence-electron chi connectivity index (χ3n) is 3.15. The minimum Gasteiger partial charge on any atom is -0.478 e.